The van der Waals surface area contributed by atoms with E-state index >= 15 is 0 Å². The summed E-state index contributed by atoms with van der Waals surface area (Å²) in [6, 6.07) is 3.07. The van der Waals surface area contributed by atoms with Crippen LogP contribution in [0.3, 0.4) is 0 Å². The van der Waals surface area contributed by atoms with E-state index in [0.29, 0.717) is 18.8 Å². The van der Waals surface area contributed by atoms with Crippen LogP contribution in [0.1, 0.15) is 23.8 Å². The van der Waals surface area contributed by atoms with Gasteiger partial charge in [-0.05, 0) is 19.1 Å². The fourth-order valence-electron chi connectivity index (χ4n) is 1.24. The molecule has 0 amide bonds. The van der Waals surface area contributed by atoms with E-state index < -0.39 is 5.97 Å². The SMILES string of the molecule is C#CCCN(CC)c1ccc(C(=O)O)nn1. The first kappa shape index (κ1) is 12.0. The molecule has 0 unspecified atom stereocenters. The minimum Gasteiger partial charge on any atom is -0.476 e. The van der Waals surface area contributed by atoms with Crippen LogP contribution in [0.15, 0.2) is 12.1 Å². The Morgan fingerprint density at radius 1 is 1.56 bits per heavy atom. The first-order valence-electron chi connectivity index (χ1n) is 4.94. The smallest absolute Gasteiger partial charge is 0.356 e. The second kappa shape index (κ2) is 5.71. The average Bonchev–Trinajstić information content (AvgIpc) is 2.30. The van der Waals surface area contributed by atoms with E-state index in [-0.39, 0.29) is 5.69 Å². The predicted molar refractivity (Wildman–Crippen MR) is 60.3 cm³/mol. The summed E-state index contributed by atoms with van der Waals surface area (Å²) >= 11 is 0. The van der Waals surface area contributed by atoms with Crippen molar-refractivity contribution in [1.82, 2.24) is 10.2 Å². The molecule has 0 aliphatic heterocycles. The van der Waals surface area contributed by atoms with E-state index in [1.807, 2.05) is 11.8 Å². The molecule has 0 atom stereocenters. The Balaban J connectivity index is 2.78. The van der Waals surface area contributed by atoms with E-state index in [0.717, 1.165) is 6.54 Å². The number of aromatic nitrogens is 2. The zero-order chi connectivity index (χ0) is 12.0. The molecule has 0 spiro atoms. The van der Waals surface area contributed by atoms with Crippen molar-refractivity contribution in [2.24, 2.45) is 0 Å². The molecule has 0 aliphatic carbocycles. The number of terminal acetylenes is 1. The standard InChI is InChI=1S/C11H13N3O2/c1-3-5-8-14(4-2)10-7-6-9(11(15)16)12-13-10/h1,6-7H,4-5,8H2,2H3,(H,15,16). The fourth-order valence-corrected chi connectivity index (χ4v) is 1.24. The Hall–Kier alpha value is -2.09. The van der Waals surface area contributed by atoms with Crippen molar-refractivity contribution in [2.45, 2.75) is 13.3 Å². The minimum atomic E-state index is -1.08. The van der Waals surface area contributed by atoms with Gasteiger partial charge in [0.05, 0.1) is 0 Å². The van der Waals surface area contributed by atoms with Gasteiger partial charge in [0.2, 0.25) is 0 Å². The van der Waals surface area contributed by atoms with Crippen LogP contribution >= 0.6 is 0 Å². The van der Waals surface area contributed by atoms with Crippen molar-refractivity contribution in [3.05, 3.63) is 17.8 Å². The molecular weight excluding hydrogens is 206 g/mol. The molecule has 5 heteroatoms. The minimum absolute atomic E-state index is 0.0586. The van der Waals surface area contributed by atoms with Crippen LogP contribution in [0.5, 0.6) is 0 Å². The van der Waals surface area contributed by atoms with Crippen LogP contribution in [0, 0.1) is 12.3 Å². The third kappa shape index (κ3) is 2.95. The molecule has 5 nitrogen and oxygen atoms in total. The molecule has 1 aromatic heterocycles. The normalized spacial score (nSPS) is 9.50. The van der Waals surface area contributed by atoms with Gasteiger partial charge in [-0.25, -0.2) is 4.79 Å². The molecule has 1 heterocycles. The van der Waals surface area contributed by atoms with Gasteiger partial charge in [-0.1, -0.05) is 0 Å². The van der Waals surface area contributed by atoms with Crippen LogP contribution in [0.25, 0.3) is 0 Å². The highest BCUT2D eigenvalue weighted by Crippen LogP contribution is 2.09. The van der Waals surface area contributed by atoms with Crippen molar-refractivity contribution >= 4 is 11.8 Å². The Bertz CT molecular complexity index is 395. The zero-order valence-corrected chi connectivity index (χ0v) is 9.05. The van der Waals surface area contributed by atoms with Crippen molar-refractivity contribution in [2.75, 3.05) is 18.0 Å². The van der Waals surface area contributed by atoms with Crippen LogP contribution in [-0.4, -0.2) is 34.4 Å². The predicted octanol–water partition coefficient (Wildman–Crippen LogP) is 1.02. The Morgan fingerprint density at radius 3 is 2.75 bits per heavy atom. The number of anilines is 1. The summed E-state index contributed by atoms with van der Waals surface area (Å²) in [7, 11) is 0. The third-order valence-electron chi connectivity index (χ3n) is 2.10. The highest BCUT2D eigenvalue weighted by Gasteiger charge is 2.08. The van der Waals surface area contributed by atoms with Gasteiger partial charge in [-0.15, -0.1) is 22.5 Å². The highest BCUT2D eigenvalue weighted by molar-refractivity contribution is 5.85. The maximum absolute atomic E-state index is 10.6. The lowest BCUT2D eigenvalue weighted by Gasteiger charge is -2.19. The second-order valence-corrected chi connectivity index (χ2v) is 3.12. The summed E-state index contributed by atoms with van der Waals surface area (Å²) in [5.74, 6) is 2.11. The number of hydrogen-bond acceptors (Lipinski definition) is 4. The first-order chi connectivity index (χ1) is 7.69. The number of carboxylic acid groups (broad SMARTS) is 1. The Labute approximate surface area is 94.1 Å². The van der Waals surface area contributed by atoms with Crippen molar-refractivity contribution in [3.63, 3.8) is 0 Å². The molecule has 0 fully saturated rings. The number of carbonyl (C=O) groups is 1. The molecule has 0 aliphatic rings. The second-order valence-electron chi connectivity index (χ2n) is 3.12. The summed E-state index contributed by atoms with van der Waals surface area (Å²) in [6.07, 6.45) is 5.80. The summed E-state index contributed by atoms with van der Waals surface area (Å²) in [4.78, 5) is 12.5. The van der Waals surface area contributed by atoms with E-state index in [4.69, 9.17) is 11.5 Å². The molecule has 1 N–H and O–H groups in total. The summed E-state index contributed by atoms with van der Waals surface area (Å²) < 4.78 is 0. The van der Waals surface area contributed by atoms with E-state index in [1.54, 1.807) is 6.07 Å². The molecule has 0 saturated heterocycles. The van der Waals surface area contributed by atoms with Gasteiger partial charge >= 0.3 is 5.97 Å². The van der Waals surface area contributed by atoms with Gasteiger partial charge in [-0.2, -0.15) is 0 Å². The van der Waals surface area contributed by atoms with Gasteiger partial charge in [0, 0.05) is 19.5 Å². The Kier molecular flexibility index (Phi) is 4.28. The molecule has 16 heavy (non-hydrogen) atoms. The number of nitrogens with zero attached hydrogens (tertiary/aromatic N) is 3. The lowest BCUT2D eigenvalue weighted by Crippen LogP contribution is -2.25. The van der Waals surface area contributed by atoms with Crippen LogP contribution < -0.4 is 4.90 Å². The Morgan fingerprint density at radius 2 is 2.31 bits per heavy atom. The van der Waals surface area contributed by atoms with E-state index in [2.05, 4.69) is 16.1 Å². The van der Waals surface area contributed by atoms with Crippen LogP contribution in [0.4, 0.5) is 5.82 Å². The lowest BCUT2D eigenvalue weighted by molar-refractivity contribution is 0.0689. The monoisotopic (exact) mass is 219 g/mol. The number of hydrogen-bond donors (Lipinski definition) is 1. The zero-order valence-electron chi connectivity index (χ0n) is 9.05. The van der Waals surface area contributed by atoms with Crippen molar-refractivity contribution < 1.29 is 9.90 Å². The quantitative estimate of drug-likeness (QED) is 0.749. The topological polar surface area (TPSA) is 66.3 Å². The number of aromatic carboxylic acids is 1. The van der Waals surface area contributed by atoms with Gasteiger partial charge in [0.15, 0.2) is 11.5 Å². The van der Waals surface area contributed by atoms with Gasteiger partial charge in [-0.3, -0.25) is 0 Å². The first-order valence-corrected chi connectivity index (χ1v) is 4.94. The number of rotatable bonds is 5. The third-order valence-corrected chi connectivity index (χ3v) is 2.10. The molecular formula is C11H13N3O2. The summed E-state index contributed by atoms with van der Waals surface area (Å²) in [6.45, 7) is 3.42. The summed E-state index contributed by atoms with van der Waals surface area (Å²) in [5, 5.41) is 16.1. The molecule has 1 rings (SSSR count). The van der Waals surface area contributed by atoms with Gasteiger partial charge in [0.1, 0.15) is 0 Å². The fraction of sp³-hybridized carbons (Fsp3) is 0.364. The van der Waals surface area contributed by atoms with Crippen LogP contribution in [-0.2, 0) is 0 Å². The lowest BCUT2D eigenvalue weighted by atomic mass is 10.3. The molecule has 0 radical (unpaired) electrons. The average molecular weight is 219 g/mol. The molecule has 0 saturated carbocycles. The maximum Gasteiger partial charge on any atom is 0.356 e. The van der Waals surface area contributed by atoms with E-state index in [1.165, 1.54) is 6.07 Å². The van der Waals surface area contributed by atoms with Gasteiger partial charge < -0.3 is 10.0 Å². The van der Waals surface area contributed by atoms with Crippen LogP contribution in [0.2, 0.25) is 0 Å². The molecule has 84 valence electrons. The largest absolute Gasteiger partial charge is 0.476 e. The maximum atomic E-state index is 10.6. The summed E-state index contributed by atoms with van der Waals surface area (Å²) in [5.41, 5.74) is -0.0586. The highest BCUT2D eigenvalue weighted by atomic mass is 16.4. The van der Waals surface area contributed by atoms with Gasteiger partial charge in [0.25, 0.3) is 0 Å². The number of carboxylic acids is 1. The van der Waals surface area contributed by atoms with E-state index in [9.17, 15) is 4.79 Å². The van der Waals surface area contributed by atoms with Crippen molar-refractivity contribution in [3.8, 4) is 12.3 Å². The molecule has 0 bridgehead atoms. The molecule has 1 aromatic rings. The molecule has 0 aromatic carbocycles. The van der Waals surface area contributed by atoms with Crippen molar-refractivity contribution in [1.29, 1.82) is 0 Å².